The van der Waals surface area contributed by atoms with Gasteiger partial charge in [0.15, 0.2) is 0 Å². The molecule has 0 saturated heterocycles. The predicted octanol–water partition coefficient (Wildman–Crippen LogP) is 3.54. The third kappa shape index (κ3) is 2.32. The normalized spacial score (nSPS) is 10.6. The molecule has 0 N–H and O–H groups in total. The molecule has 108 valence electrons. The summed E-state index contributed by atoms with van der Waals surface area (Å²) in [5.41, 5.74) is 2.94. The molecule has 0 aliphatic carbocycles. The van der Waals surface area contributed by atoms with Crippen LogP contribution in [0.1, 0.15) is 11.1 Å². The zero-order chi connectivity index (χ0) is 15.9. The fraction of sp³-hybridized carbons (Fsp3) is 0.118. The van der Waals surface area contributed by atoms with Gasteiger partial charge in [-0.1, -0.05) is 0 Å². The van der Waals surface area contributed by atoms with Crippen LogP contribution in [0, 0.1) is 18.3 Å². The van der Waals surface area contributed by atoms with Crippen molar-refractivity contribution in [1.29, 1.82) is 5.26 Å². The first kappa shape index (κ1) is 14.5. The summed E-state index contributed by atoms with van der Waals surface area (Å²) in [4.78, 5) is 17.2. The fourth-order valence-electron chi connectivity index (χ4n) is 2.42. The van der Waals surface area contributed by atoms with Crippen molar-refractivity contribution in [1.82, 2.24) is 9.55 Å². The van der Waals surface area contributed by atoms with Gasteiger partial charge in [-0.05, 0) is 64.8 Å². The average Bonchev–Trinajstić information content (AvgIpc) is 2.51. The Hall–Kier alpha value is -2.45. The Kier molecular flexibility index (Phi) is 3.55. The molecule has 1 heterocycles. The number of nitrogens with zero attached hydrogens (tertiary/aromatic N) is 3. The highest BCUT2D eigenvalue weighted by molar-refractivity contribution is 9.10. The Bertz CT molecular complexity index is 982. The molecule has 5 heteroatoms. The van der Waals surface area contributed by atoms with Crippen LogP contribution in [0.2, 0.25) is 0 Å². The molecule has 0 unspecified atom stereocenters. The summed E-state index contributed by atoms with van der Waals surface area (Å²) >= 11 is 3.48. The van der Waals surface area contributed by atoms with Crippen LogP contribution in [0.4, 0.5) is 0 Å². The topological polar surface area (TPSA) is 58.7 Å². The van der Waals surface area contributed by atoms with Crippen LogP contribution >= 0.6 is 15.9 Å². The molecule has 3 aromatic rings. The lowest BCUT2D eigenvalue weighted by Crippen LogP contribution is -2.20. The molecule has 0 amide bonds. The van der Waals surface area contributed by atoms with E-state index in [4.69, 9.17) is 5.26 Å². The van der Waals surface area contributed by atoms with Crippen molar-refractivity contribution in [3.63, 3.8) is 0 Å². The standard InChI is InChI=1S/C17H12BrN3O/c1-10-7-13-15(14(18)8-10)20-16(21(2)17(13)22)12-5-3-11(9-19)4-6-12/h3-8H,1-2H3. The monoisotopic (exact) mass is 353 g/mol. The van der Waals surface area contributed by atoms with Gasteiger partial charge in [-0.3, -0.25) is 9.36 Å². The van der Waals surface area contributed by atoms with Crippen molar-refractivity contribution in [2.45, 2.75) is 6.92 Å². The minimum absolute atomic E-state index is 0.0891. The number of hydrogen-bond donors (Lipinski definition) is 0. The summed E-state index contributed by atoms with van der Waals surface area (Å²) in [6.45, 7) is 1.94. The highest BCUT2D eigenvalue weighted by Gasteiger charge is 2.12. The predicted molar refractivity (Wildman–Crippen MR) is 89.6 cm³/mol. The van der Waals surface area contributed by atoms with Crippen molar-refractivity contribution in [3.8, 4) is 17.5 Å². The smallest absolute Gasteiger partial charge is 0.261 e. The van der Waals surface area contributed by atoms with Gasteiger partial charge < -0.3 is 0 Å². The number of aromatic nitrogens is 2. The van der Waals surface area contributed by atoms with E-state index in [1.54, 1.807) is 31.3 Å². The first-order valence-corrected chi connectivity index (χ1v) is 7.48. The number of halogens is 1. The number of fused-ring (bicyclic) bond motifs is 1. The molecule has 2 aromatic carbocycles. The largest absolute Gasteiger partial charge is 0.295 e. The number of rotatable bonds is 1. The van der Waals surface area contributed by atoms with E-state index in [-0.39, 0.29) is 5.56 Å². The number of nitriles is 1. The Morgan fingerprint density at radius 1 is 1.23 bits per heavy atom. The molecule has 0 fully saturated rings. The van der Waals surface area contributed by atoms with E-state index in [0.717, 1.165) is 15.6 Å². The molecule has 0 saturated carbocycles. The Labute approximate surface area is 135 Å². The molecule has 1 aromatic heterocycles. The highest BCUT2D eigenvalue weighted by atomic mass is 79.9. The van der Waals surface area contributed by atoms with Crippen LogP contribution in [0.15, 0.2) is 45.7 Å². The van der Waals surface area contributed by atoms with Crippen molar-refractivity contribution in [2.24, 2.45) is 7.05 Å². The summed E-state index contributed by atoms with van der Waals surface area (Å²) in [6, 6.07) is 12.9. The minimum Gasteiger partial charge on any atom is -0.295 e. The molecule has 0 radical (unpaired) electrons. The Morgan fingerprint density at radius 2 is 1.91 bits per heavy atom. The van der Waals surface area contributed by atoms with E-state index < -0.39 is 0 Å². The summed E-state index contributed by atoms with van der Waals surface area (Å²) in [6.07, 6.45) is 0. The molecule has 4 nitrogen and oxygen atoms in total. The Morgan fingerprint density at radius 3 is 2.55 bits per heavy atom. The molecule has 0 spiro atoms. The first-order valence-electron chi connectivity index (χ1n) is 6.68. The van der Waals surface area contributed by atoms with Gasteiger partial charge in [-0.25, -0.2) is 4.98 Å². The maximum absolute atomic E-state index is 12.6. The second-order valence-electron chi connectivity index (χ2n) is 5.13. The minimum atomic E-state index is -0.0891. The van der Waals surface area contributed by atoms with Crippen LogP contribution in [0.25, 0.3) is 22.3 Å². The lowest BCUT2D eigenvalue weighted by atomic mass is 10.1. The SMILES string of the molecule is Cc1cc(Br)c2nc(-c3ccc(C#N)cc3)n(C)c(=O)c2c1. The van der Waals surface area contributed by atoms with Crippen LogP contribution in [-0.4, -0.2) is 9.55 Å². The summed E-state index contributed by atoms with van der Waals surface area (Å²) in [5.74, 6) is 0.576. The number of benzene rings is 2. The maximum atomic E-state index is 12.6. The van der Waals surface area contributed by atoms with E-state index >= 15 is 0 Å². The summed E-state index contributed by atoms with van der Waals surface area (Å²) in [7, 11) is 1.71. The molecule has 0 atom stereocenters. The molecule has 22 heavy (non-hydrogen) atoms. The van der Waals surface area contributed by atoms with E-state index in [0.29, 0.717) is 22.3 Å². The highest BCUT2D eigenvalue weighted by Crippen LogP contribution is 2.25. The van der Waals surface area contributed by atoms with E-state index in [9.17, 15) is 4.79 Å². The van der Waals surface area contributed by atoms with Gasteiger partial charge in [0.25, 0.3) is 5.56 Å². The van der Waals surface area contributed by atoms with Crippen LogP contribution in [0.5, 0.6) is 0 Å². The quantitative estimate of drug-likeness (QED) is 0.672. The summed E-state index contributed by atoms with van der Waals surface area (Å²) in [5, 5.41) is 9.46. The molecule has 0 aliphatic rings. The summed E-state index contributed by atoms with van der Waals surface area (Å²) < 4.78 is 2.34. The lowest BCUT2D eigenvalue weighted by Gasteiger charge is -2.11. The lowest BCUT2D eigenvalue weighted by molar-refractivity contribution is 0.855. The van der Waals surface area contributed by atoms with E-state index in [2.05, 4.69) is 27.0 Å². The van der Waals surface area contributed by atoms with Gasteiger partial charge in [-0.2, -0.15) is 5.26 Å². The van der Waals surface area contributed by atoms with Crippen molar-refractivity contribution in [3.05, 3.63) is 62.4 Å². The molecular formula is C17H12BrN3O. The van der Waals surface area contributed by atoms with Gasteiger partial charge in [0.1, 0.15) is 5.82 Å². The molecule has 3 rings (SSSR count). The average molecular weight is 354 g/mol. The second kappa shape index (κ2) is 5.39. The third-order valence-electron chi connectivity index (χ3n) is 3.55. The molecular weight excluding hydrogens is 342 g/mol. The first-order chi connectivity index (χ1) is 10.5. The zero-order valence-corrected chi connectivity index (χ0v) is 13.7. The fourth-order valence-corrected chi connectivity index (χ4v) is 3.08. The Balaban J connectivity index is 2.33. The maximum Gasteiger partial charge on any atom is 0.261 e. The third-order valence-corrected chi connectivity index (χ3v) is 4.15. The molecule has 0 bridgehead atoms. The number of hydrogen-bond acceptors (Lipinski definition) is 3. The second-order valence-corrected chi connectivity index (χ2v) is 5.99. The van der Waals surface area contributed by atoms with Crippen molar-refractivity contribution >= 4 is 26.8 Å². The van der Waals surface area contributed by atoms with Gasteiger partial charge in [-0.15, -0.1) is 0 Å². The van der Waals surface area contributed by atoms with Crippen LogP contribution < -0.4 is 5.56 Å². The van der Waals surface area contributed by atoms with Crippen LogP contribution in [0.3, 0.4) is 0 Å². The zero-order valence-electron chi connectivity index (χ0n) is 12.1. The van der Waals surface area contributed by atoms with E-state index in [1.165, 1.54) is 4.57 Å². The van der Waals surface area contributed by atoms with Crippen molar-refractivity contribution < 1.29 is 0 Å². The number of aryl methyl sites for hydroxylation is 1. The van der Waals surface area contributed by atoms with Crippen molar-refractivity contribution in [2.75, 3.05) is 0 Å². The van der Waals surface area contributed by atoms with Gasteiger partial charge in [0.2, 0.25) is 0 Å². The molecule has 0 aliphatic heterocycles. The van der Waals surface area contributed by atoms with E-state index in [1.807, 2.05) is 19.1 Å². The van der Waals surface area contributed by atoms with Crippen LogP contribution in [-0.2, 0) is 7.05 Å². The van der Waals surface area contributed by atoms with Gasteiger partial charge >= 0.3 is 0 Å². The van der Waals surface area contributed by atoms with Gasteiger partial charge in [0.05, 0.1) is 22.5 Å². The van der Waals surface area contributed by atoms with Gasteiger partial charge in [0, 0.05) is 17.1 Å².